The van der Waals surface area contributed by atoms with Gasteiger partial charge in [0.05, 0.1) is 10.6 Å². The van der Waals surface area contributed by atoms with Crippen LogP contribution in [0.1, 0.15) is 18.6 Å². The predicted molar refractivity (Wildman–Crippen MR) is 55.7 cm³/mol. The van der Waals surface area contributed by atoms with Gasteiger partial charge in [-0.15, -0.1) is 0 Å². The number of hydrogen-bond donors (Lipinski definition) is 1. The quantitative estimate of drug-likeness (QED) is 0.856. The van der Waals surface area contributed by atoms with Crippen LogP contribution < -0.4 is 9.47 Å². The van der Waals surface area contributed by atoms with Gasteiger partial charge >= 0.3 is 0 Å². The first kappa shape index (κ1) is 10.7. The van der Waals surface area contributed by atoms with Crippen molar-refractivity contribution >= 4 is 15.9 Å². The molecule has 1 aliphatic rings. The molecule has 0 aliphatic carbocycles. The molecule has 1 aromatic carbocycles. The highest BCUT2D eigenvalue weighted by atomic mass is 79.9. The van der Waals surface area contributed by atoms with Crippen molar-refractivity contribution in [2.75, 3.05) is 13.2 Å². The highest BCUT2D eigenvalue weighted by molar-refractivity contribution is 9.10. The van der Waals surface area contributed by atoms with Gasteiger partial charge in [-0.05, 0) is 28.9 Å². The van der Waals surface area contributed by atoms with Gasteiger partial charge in [0.25, 0.3) is 0 Å². The lowest BCUT2D eigenvalue weighted by Crippen LogP contribution is -2.17. The number of ether oxygens (including phenoxy) is 2. The average molecular weight is 277 g/mol. The second kappa shape index (κ2) is 3.98. The van der Waals surface area contributed by atoms with E-state index in [1.165, 1.54) is 13.0 Å². The Labute approximate surface area is 94.9 Å². The summed E-state index contributed by atoms with van der Waals surface area (Å²) in [5.74, 6) is 0.322. The van der Waals surface area contributed by atoms with E-state index in [4.69, 9.17) is 9.47 Å². The molecule has 1 unspecified atom stereocenters. The van der Waals surface area contributed by atoms with Crippen molar-refractivity contribution in [2.24, 2.45) is 0 Å². The summed E-state index contributed by atoms with van der Waals surface area (Å²) in [6.07, 6.45) is -0.878. The molecule has 0 fully saturated rings. The molecular weight excluding hydrogens is 267 g/mol. The van der Waals surface area contributed by atoms with Crippen molar-refractivity contribution in [1.29, 1.82) is 0 Å². The lowest BCUT2D eigenvalue weighted by Gasteiger charge is -2.21. The molecule has 1 heterocycles. The van der Waals surface area contributed by atoms with E-state index in [-0.39, 0.29) is 10.0 Å². The molecule has 0 saturated heterocycles. The molecule has 82 valence electrons. The van der Waals surface area contributed by atoms with Crippen LogP contribution in [-0.4, -0.2) is 18.3 Å². The van der Waals surface area contributed by atoms with Gasteiger partial charge in [-0.1, -0.05) is 0 Å². The van der Waals surface area contributed by atoms with Crippen LogP contribution in [0.25, 0.3) is 0 Å². The van der Waals surface area contributed by atoms with E-state index in [9.17, 15) is 9.50 Å². The maximum atomic E-state index is 13.7. The molecule has 3 nitrogen and oxygen atoms in total. The van der Waals surface area contributed by atoms with Gasteiger partial charge < -0.3 is 14.6 Å². The summed E-state index contributed by atoms with van der Waals surface area (Å²) in [6, 6.07) is 1.47. The Kier molecular flexibility index (Phi) is 2.84. The normalized spacial score (nSPS) is 16.3. The molecule has 0 spiro atoms. The van der Waals surface area contributed by atoms with Crippen LogP contribution >= 0.6 is 15.9 Å². The molecule has 2 rings (SSSR count). The molecular formula is C10H10BrFO3. The van der Waals surface area contributed by atoms with Crippen LogP contribution in [0.5, 0.6) is 11.5 Å². The van der Waals surface area contributed by atoms with E-state index >= 15 is 0 Å². The van der Waals surface area contributed by atoms with E-state index < -0.39 is 11.9 Å². The first-order chi connectivity index (χ1) is 7.11. The van der Waals surface area contributed by atoms with Crippen LogP contribution in [0.3, 0.4) is 0 Å². The van der Waals surface area contributed by atoms with Gasteiger partial charge in [-0.2, -0.15) is 0 Å². The van der Waals surface area contributed by atoms with Crippen molar-refractivity contribution in [2.45, 2.75) is 13.0 Å². The number of rotatable bonds is 1. The number of aliphatic hydroxyl groups excluding tert-OH is 1. The Morgan fingerprint density at radius 2 is 2.13 bits per heavy atom. The molecule has 0 amide bonds. The van der Waals surface area contributed by atoms with Crippen molar-refractivity contribution in [3.05, 3.63) is 21.9 Å². The van der Waals surface area contributed by atoms with Crippen LogP contribution in [0.15, 0.2) is 10.5 Å². The minimum Gasteiger partial charge on any atom is -0.486 e. The van der Waals surface area contributed by atoms with Crippen LogP contribution in [0.2, 0.25) is 0 Å². The van der Waals surface area contributed by atoms with Crippen molar-refractivity contribution in [3.8, 4) is 11.5 Å². The predicted octanol–water partition coefficient (Wildman–Crippen LogP) is 2.41. The molecule has 1 aromatic rings. The fourth-order valence-corrected chi connectivity index (χ4v) is 1.98. The lowest BCUT2D eigenvalue weighted by atomic mass is 10.1. The van der Waals surface area contributed by atoms with E-state index in [2.05, 4.69) is 15.9 Å². The van der Waals surface area contributed by atoms with E-state index in [1.807, 2.05) is 0 Å². The van der Waals surface area contributed by atoms with Crippen molar-refractivity contribution in [1.82, 2.24) is 0 Å². The second-order valence-electron chi connectivity index (χ2n) is 3.29. The maximum absolute atomic E-state index is 13.7. The minimum absolute atomic E-state index is 0.200. The Balaban J connectivity index is 2.57. The smallest absolute Gasteiger partial charge is 0.178 e. The van der Waals surface area contributed by atoms with Gasteiger partial charge in [-0.3, -0.25) is 0 Å². The molecule has 5 heteroatoms. The zero-order chi connectivity index (χ0) is 11.0. The highest BCUT2D eigenvalue weighted by Crippen LogP contribution is 2.42. The van der Waals surface area contributed by atoms with E-state index in [0.29, 0.717) is 24.7 Å². The monoisotopic (exact) mass is 276 g/mol. The third kappa shape index (κ3) is 1.81. The minimum atomic E-state index is -0.878. The number of fused-ring (bicyclic) bond motifs is 1. The molecule has 0 radical (unpaired) electrons. The highest BCUT2D eigenvalue weighted by Gasteiger charge is 2.23. The first-order valence-corrected chi connectivity index (χ1v) is 5.36. The van der Waals surface area contributed by atoms with Gasteiger partial charge in [0.2, 0.25) is 0 Å². The number of halogens is 2. The molecule has 15 heavy (non-hydrogen) atoms. The van der Waals surface area contributed by atoms with Crippen LogP contribution in [-0.2, 0) is 0 Å². The summed E-state index contributed by atoms with van der Waals surface area (Å²) in [5.41, 5.74) is 0.200. The summed E-state index contributed by atoms with van der Waals surface area (Å²) < 4.78 is 24.5. The Morgan fingerprint density at radius 3 is 2.80 bits per heavy atom. The second-order valence-corrected chi connectivity index (χ2v) is 4.09. The molecule has 1 aliphatic heterocycles. The van der Waals surface area contributed by atoms with Gasteiger partial charge in [0.1, 0.15) is 19.0 Å². The third-order valence-corrected chi connectivity index (χ3v) is 2.90. The summed E-state index contributed by atoms with van der Waals surface area (Å²) in [5, 5.41) is 9.37. The summed E-state index contributed by atoms with van der Waals surface area (Å²) >= 11 is 3.09. The average Bonchev–Trinajstić information content (AvgIpc) is 2.23. The largest absolute Gasteiger partial charge is 0.486 e. The number of aliphatic hydroxyl groups is 1. The first-order valence-electron chi connectivity index (χ1n) is 4.57. The standard InChI is InChI=1S/C10H10BrFO3/c1-5(13)6-4-7-10(8(11)9(6)12)15-3-2-14-7/h4-5,13H,2-3H2,1H3. The van der Waals surface area contributed by atoms with Gasteiger partial charge in [0.15, 0.2) is 11.5 Å². The van der Waals surface area contributed by atoms with Crippen LogP contribution in [0.4, 0.5) is 4.39 Å². The summed E-state index contributed by atoms with van der Waals surface area (Å²) in [6.45, 7) is 2.34. The number of hydrogen-bond acceptors (Lipinski definition) is 3. The maximum Gasteiger partial charge on any atom is 0.178 e. The van der Waals surface area contributed by atoms with Gasteiger partial charge in [0, 0.05) is 5.56 Å². The molecule has 0 aromatic heterocycles. The molecule has 1 N–H and O–H groups in total. The number of benzene rings is 1. The SMILES string of the molecule is CC(O)c1cc2c(c(Br)c1F)OCCO2. The van der Waals surface area contributed by atoms with E-state index in [1.54, 1.807) is 0 Å². The van der Waals surface area contributed by atoms with Gasteiger partial charge in [-0.25, -0.2) is 4.39 Å². The van der Waals surface area contributed by atoms with E-state index in [0.717, 1.165) is 0 Å². The zero-order valence-electron chi connectivity index (χ0n) is 8.09. The summed E-state index contributed by atoms with van der Waals surface area (Å²) in [4.78, 5) is 0. The van der Waals surface area contributed by atoms with Crippen LogP contribution in [0, 0.1) is 5.82 Å². The summed E-state index contributed by atoms with van der Waals surface area (Å²) in [7, 11) is 0. The Hall–Kier alpha value is -0.810. The lowest BCUT2D eigenvalue weighted by molar-refractivity contribution is 0.164. The third-order valence-electron chi connectivity index (χ3n) is 2.19. The Morgan fingerprint density at radius 1 is 1.47 bits per heavy atom. The molecule has 0 bridgehead atoms. The fraction of sp³-hybridized carbons (Fsp3) is 0.400. The molecule has 1 atom stereocenters. The Bertz CT molecular complexity index is 393. The van der Waals surface area contributed by atoms with Crippen molar-refractivity contribution < 1.29 is 19.0 Å². The zero-order valence-corrected chi connectivity index (χ0v) is 9.67. The van der Waals surface area contributed by atoms with Crippen molar-refractivity contribution in [3.63, 3.8) is 0 Å². The topological polar surface area (TPSA) is 38.7 Å². The molecule has 0 saturated carbocycles. The fourth-order valence-electron chi connectivity index (χ4n) is 1.45.